The van der Waals surface area contributed by atoms with E-state index in [-0.39, 0.29) is 11.0 Å². The smallest absolute Gasteiger partial charge is 0.104 e. The normalized spacial score (nSPS) is 14.9. The molecule has 1 aromatic heterocycles. The highest BCUT2D eigenvalue weighted by Crippen LogP contribution is 2.32. The molecule has 0 bridgehead atoms. The van der Waals surface area contributed by atoms with Crippen LogP contribution in [-0.2, 0) is 11.8 Å². The number of hydrogen-bond acceptors (Lipinski definition) is 2. The third-order valence-corrected chi connectivity index (χ3v) is 4.11. The van der Waals surface area contributed by atoms with Crippen LogP contribution in [0.2, 0.25) is 0 Å². The number of furan rings is 1. The minimum absolute atomic E-state index is 0.0619. The topological polar surface area (TPSA) is 25.2 Å². The Morgan fingerprint density at radius 3 is 2.24 bits per heavy atom. The maximum atomic E-state index is 5.62. The fraction of sp³-hybridized carbons (Fsp3) is 0.474. The zero-order valence-electron chi connectivity index (χ0n) is 13.6. The molecule has 2 heteroatoms. The Hall–Kier alpha value is -1.54. The van der Waals surface area contributed by atoms with Crippen LogP contribution in [0, 0.1) is 0 Å². The Bertz CT molecular complexity index is 524. The molecule has 21 heavy (non-hydrogen) atoms. The summed E-state index contributed by atoms with van der Waals surface area (Å²) in [6.07, 6.45) is 3.75. The van der Waals surface area contributed by atoms with Gasteiger partial charge in [0.25, 0.3) is 0 Å². The molecular formula is C19H27NO. The molecule has 1 aromatic carbocycles. The fourth-order valence-electron chi connectivity index (χ4n) is 2.69. The van der Waals surface area contributed by atoms with Crippen molar-refractivity contribution < 1.29 is 4.42 Å². The van der Waals surface area contributed by atoms with Gasteiger partial charge in [0.05, 0.1) is 6.26 Å². The Kier molecular flexibility index (Phi) is 4.89. The fourth-order valence-corrected chi connectivity index (χ4v) is 2.69. The van der Waals surface area contributed by atoms with Crippen LogP contribution in [0.15, 0.2) is 53.1 Å². The minimum Gasteiger partial charge on any atom is -0.469 e. The van der Waals surface area contributed by atoms with Crippen molar-refractivity contribution in [2.75, 3.05) is 6.54 Å². The van der Waals surface area contributed by atoms with Crippen LogP contribution in [0.4, 0.5) is 0 Å². The SMILES string of the molecule is CCC(CNC(C)(C)C)(Cc1ccco1)c1ccccc1. The number of hydrogen-bond donors (Lipinski definition) is 1. The van der Waals surface area contributed by atoms with Crippen molar-refractivity contribution in [3.8, 4) is 0 Å². The maximum absolute atomic E-state index is 5.62. The van der Waals surface area contributed by atoms with Gasteiger partial charge in [0.2, 0.25) is 0 Å². The van der Waals surface area contributed by atoms with Crippen molar-refractivity contribution in [3.63, 3.8) is 0 Å². The largest absolute Gasteiger partial charge is 0.469 e. The van der Waals surface area contributed by atoms with E-state index in [9.17, 15) is 0 Å². The van der Waals surface area contributed by atoms with E-state index in [4.69, 9.17) is 4.42 Å². The van der Waals surface area contributed by atoms with Crippen LogP contribution < -0.4 is 5.32 Å². The van der Waals surface area contributed by atoms with Gasteiger partial charge in [-0.2, -0.15) is 0 Å². The summed E-state index contributed by atoms with van der Waals surface area (Å²) in [5.74, 6) is 1.05. The molecule has 1 N–H and O–H groups in total. The lowest BCUT2D eigenvalue weighted by molar-refractivity contribution is 0.302. The predicted molar refractivity (Wildman–Crippen MR) is 88.6 cm³/mol. The number of nitrogens with one attached hydrogen (secondary N) is 1. The van der Waals surface area contributed by atoms with Crippen LogP contribution >= 0.6 is 0 Å². The first-order chi connectivity index (χ1) is 9.95. The first kappa shape index (κ1) is 15.8. The summed E-state index contributed by atoms with van der Waals surface area (Å²) in [6.45, 7) is 9.85. The third kappa shape index (κ3) is 4.21. The van der Waals surface area contributed by atoms with Gasteiger partial charge >= 0.3 is 0 Å². The second-order valence-electron chi connectivity index (χ2n) is 6.86. The lowest BCUT2D eigenvalue weighted by atomic mass is 9.74. The van der Waals surface area contributed by atoms with E-state index in [1.807, 2.05) is 6.07 Å². The molecule has 1 heterocycles. The lowest BCUT2D eigenvalue weighted by Gasteiger charge is -2.36. The second kappa shape index (κ2) is 6.48. The van der Waals surface area contributed by atoms with Crippen molar-refractivity contribution in [1.29, 1.82) is 0 Å². The summed E-state index contributed by atoms with van der Waals surface area (Å²) in [5, 5.41) is 3.68. The van der Waals surface area contributed by atoms with E-state index in [0.29, 0.717) is 0 Å². The zero-order valence-corrected chi connectivity index (χ0v) is 13.6. The molecule has 0 fully saturated rings. The molecule has 0 amide bonds. The van der Waals surface area contributed by atoms with E-state index in [2.05, 4.69) is 69.4 Å². The monoisotopic (exact) mass is 285 g/mol. The molecule has 0 saturated heterocycles. The highest BCUT2D eigenvalue weighted by molar-refractivity contribution is 5.28. The summed E-state index contributed by atoms with van der Waals surface area (Å²) in [5.41, 5.74) is 1.55. The van der Waals surface area contributed by atoms with Crippen LogP contribution in [0.25, 0.3) is 0 Å². The molecule has 1 unspecified atom stereocenters. The van der Waals surface area contributed by atoms with Crippen molar-refractivity contribution in [2.24, 2.45) is 0 Å². The highest BCUT2D eigenvalue weighted by Gasteiger charge is 2.32. The van der Waals surface area contributed by atoms with Crippen molar-refractivity contribution >= 4 is 0 Å². The molecule has 0 aliphatic carbocycles. The van der Waals surface area contributed by atoms with Crippen LogP contribution in [0.3, 0.4) is 0 Å². The first-order valence-electron chi connectivity index (χ1n) is 7.78. The summed E-state index contributed by atoms with van der Waals surface area (Å²) in [4.78, 5) is 0. The molecule has 0 radical (unpaired) electrons. The Morgan fingerprint density at radius 2 is 1.71 bits per heavy atom. The van der Waals surface area contributed by atoms with Gasteiger partial charge in [0.15, 0.2) is 0 Å². The average molecular weight is 285 g/mol. The van der Waals surface area contributed by atoms with Gasteiger partial charge in [-0.25, -0.2) is 0 Å². The number of benzene rings is 1. The summed E-state index contributed by atoms with van der Waals surface area (Å²) in [7, 11) is 0. The van der Waals surface area contributed by atoms with Gasteiger partial charge in [-0.1, -0.05) is 37.3 Å². The van der Waals surface area contributed by atoms with Gasteiger partial charge in [0, 0.05) is 23.9 Å². The van der Waals surface area contributed by atoms with E-state index in [0.717, 1.165) is 25.1 Å². The summed E-state index contributed by atoms with van der Waals surface area (Å²) in [6, 6.07) is 14.8. The van der Waals surface area contributed by atoms with Crippen molar-refractivity contribution in [2.45, 2.75) is 51.5 Å². The van der Waals surface area contributed by atoms with Gasteiger partial charge in [-0.15, -0.1) is 0 Å². The highest BCUT2D eigenvalue weighted by atomic mass is 16.3. The maximum Gasteiger partial charge on any atom is 0.104 e. The van der Waals surface area contributed by atoms with E-state index in [1.165, 1.54) is 5.56 Å². The van der Waals surface area contributed by atoms with Gasteiger partial charge in [0.1, 0.15) is 5.76 Å². The molecule has 2 nitrogen and oxygen atoms in total. The molecule has 2 rings (SSSR count). The van der Waals surface area contributed by atoms with E-state index >= 15 is 0 Å². The third-order valence-electron chi connectivity index (χ3n) is 4.11. The Morgan fingerprint density at radius 1 is 1.00 bits per heavy atom. The second-order valence-corrected chi connectivity index (χ2v) is 6.86. The molecule has 1 atom stereocenters. The Labute approximate surface area is 128 Å². The van der Waals surface area contributed by atoms with Crippen LogP contribution in [-0.4, -0.2) is 12.1 Å². The lowest BCUT2D eigenvalue weighted by Crippen LogP contribution is -2.47. The summed E-state index contributed by atoms with van der Waals surface area (Å²) >= 11 is 0. The van der Waals surface area contributed by atoms with Gasteiger partial charge < -0.3 is 9.73 Å². The standard InChI is InChI=1S/C19H27NO/c1-5-19(15-20-18(2,3)4,14-17-12-9-13-21-17)16-10-7-6-8-11-16/h6-13,20H,5,14-15H2,1-4H3. The molecule has 0 aliphatic rings. The van der Waals surface area contributed by atoms with E-state index in [1.54, 1.807) is 6.26 Å². The predicted octanol–water partition coefficient (Wildman–Crippen LogP) is 4.56. The molecule has 2 aromatic rings. The van der Waals surface area contributed by atoms with Crippen molar-refractivity contribution in [3.05, 3.63) is 60.1 Å². The molecule has 0 aliphatic heterocycles. The zero-order chi connectivity index (χ0) is 15.3. The van der Waals surface area contributed by atoms with Gasteiger partial charge in [-0.3, -0.25) is 0 Å². The molecule has 0 spiro atoms. The molecular weight excluding hydrogens is 258 g/mol. The molecule has 114 valence electrons. The van der Waals surface area contributed by atoms with Crippen molar-refractivity contribution in [1.82, 2.24) is 5.32 Å². The summed E-state index contributed by atoms with van der Waals surface area (Å²) < 4.78 is 5.62. The molecule has 0 saturated carbocycles. The first-order valence-corrected chi connectivity index (χ1v) is 7.78. The van der Waals surface area contributed by atoms with Gasteiger partial charge in [-0.05, 0) is 44.9 Å². The van der Waals surface area contributed by atoms with Crippen LogP contribution in [0.5, 0.6) is 0 Å². The quantitative estimate of drug-likeness (QED) is 0.841. The van der Waals surface area contributed by atoms with E-state index < -0.39 is 0 Å². The van der Waals surface area contributed by atoms with Crippen LogP contribution in [0.1, 0.15) is 45.4 Å². The minimum atomic E-state index is 0.0619. The Balaban J connectivity index is 2.31. The number of rotatable bonds is 6. The average Bonchev–Trinajstić information content (AvgIpc) is 2.96.